The molecule has 1 aromatic heterocycles. The Hall–Kier alpha value is -1.76. The van der Waals surface area contributed by atoms with Crippen LogP contribution in [0.4, 0.5) is 4.79 Å². The van der Waals surface area contributed by atoms with Crippen molar-refractivity contribution in [1.82, 2.24) is 15.2 Å². The quantitative estimate of drug-likeness (QED) is 0.855. The van der Waals surface area contributed by atoms with E-state index in [0.29, 0.717) is 11.4 Å². The highest BCUT2D eigenvalue weighted by molar-refractivity contribution is 7.09. The Bertz CT molecular complexity index is 524. The van der Waals surface area contributed by atoms with Crippen LogP contribution in [0.25, 0.3) is 0 Å². The molecule has 0 bridgehead atoms. The summed E-state index contributed by atoms with van der Waals surface area (Å²) in [4.78, 5) is 41.3. The molecule has 102 valence electrons. The molecule has 1 N–H and O–H groups in total. The third-order valence-corrected chi connectivity index (χ3v) is 4.07. The monoisotopic (exact) mass is 281 g/mol. The summed E-state index contributed by atoms with van der Waals surface area (Å²) in [5.74, 6) is -1.05. The Morgan fingerprint density at radius 1 is 1.42 bits per heavy atom. The molecule has 0 radical (unpaired) electrons. The molecule has 1 fully saturated rings. The minimum atomic E-state index is -1.24. The zero-order valence-electron chi connectivity index (χ0n) is 11.0. The molecular formula is C12H15N3O3S. The third kappa shape index (κ3) is 2.14. The van der Waals surface area contributed by atoms with Gasteiger partial charge in [0.15, 0.2) is 0 Å². The number of amides is 4. The van der Waals surface area contributed by atoms with Gasteiger partial charge >= 0.3 is 6.03 Å². The molecule has 1 atom stereocenters. The number of carbonyl (C=O) groups excluding carboxylic acids is 3. The normalized spacial score (nSPS) is 20.4. The molecule has 1 saturated heterocycles. The number of hydrogen-bond donors (Lipinski definition) is 1. The van der Waals surface area contributed by atoms with Crippen molar-refractivity contribution in [2.45, 2.75) is 33.2 Å². The SMILES string of the molecule is CCC(c1nccs1)N1C(=O)NC(=O)C(C)(C)C1=O. The number of imide groups is 2. The lowest BCUT2D eigenvalue weighted by molar-refractivity contribution is -0.150. The largest absolute Gasteiger partial charge is 0.331 e. The van der Waals surface area contributed by atoms with Crippen LogP contribution in [0.2, 0.25) is 0 Å². The number of hydrogen-bond acceptors (Lipinski definition) is 5. The van der Waals surface area contributed by atoms with E-state index in [1.165, 1.54) is 25.2 Å². The van der Waals surface area contributed by atoms with Gasteiger partial charge in [0.05, 0.1) is 6.04 Å². The first kappa shape index (κ1) is 13.7. The molecule has 0 saturated carbocycles. The summed E-state index contributed by atoms with van der Waals surface area (Å²) in [5, 5.41) is 4.71. The number of aromatic nitrogens is 1. The molecule has 0 spiro atoms. The Morgan fingerprint density at radius 2 is 2.11 bits per heavy atom. The van der Waals surface area contributed by atoms with Gasteiger partial charge in [-0.15, -0.1) is 11.3 Å². The molecule has 0 aromatic carbocycles. The minimum Gasteiger partial charge on any atom is -0.277 e. The lowest BCUT2D eigenvalue weighted by Crippen LogP contribution is -2.62. The van der Waals surface area contributed by atoms with E-state index in [0.717, 1.165) is 4.90 Å². The maximum atomic E-state index is 12.4. The van der Waals surface area contributed by atoms with E-state index < -0.39 is 29.3 Å². The van der Waals surface area contributed by atoms with Gasteiger partial charge in [-0.3, -0.25) is 19.8 Å². The number of nitrogens with one attached hydrogen (secondary N) is 1. The van der Waals surface area contributed by atoms with Gasteiger partial charge in [0, 0.05) is 11.6 Å². The maximum Gasteiger partial charge on any atom is 0.331 e. The van der Waals surface area contributed by atoms with E-state index in [2.05, 4.69) is 10.3 Å². The van der Waals surface area contributed by atoms with E-state index in [4.69, 9.17) is 0 Å². The molecule has 1 aromatic rings. The van der Waals surface area contributed by atoms with E-state index >= 15 is 0 Å². The molecule has 2 heterocycles. The summed E-state index contributed by atoms with van der Waals surface area (Å²) in [6.45, 7) is 4.90. The highest BCUT2D eigenvalue weighted by Crippen LogP contribution is 2.33. The molecule has 7 heteroatoms. The molecule has 2 rings (SSSR count). The van der Waals surface area contributed by atoms with Crippen molar-refractivity contribution in [3.8, 4) is 0 Å². The smallest absolute Gasteiger partial charge is 0.277 e. The predicted molar refractivity (Wildman–Crippen MR) is 69.3 cm³/mol. The fourth-order valence-electron chi connectivity index (χ4n) is 1.95. The number of carbonyl (C=O) groups is 3. The van der Waals surface area contributed by atoms with Crippen LogP contribution in [0.3, 0.4) is 0 Å². The predicted octanol–water partition coefficient (Wildman–Crippen LogP) is 1.70. The highest BCUT2D eigenvalue weighted by atomic mass is 32.1. The number of rotatable bonds is 3. The summed E-state index contributed by atoms with van der Waals surface area (Å²) in [6.07, 6.45) is 2.18. The Morgan fingerprint density at radius 3 is 2.63 bits per heavy atom. The Kier molecular flexibility index (Phi) is 3.40. The van der Waals surface area contributed by atoms with Gasteiger partial charge in [-0.2, -0.15) is 0 Å². The summed E-state index contributed by atoms with van der Waals surface area (Å²) in [6, 6.07) is -1.10. The third-order valence-electron chi connectivity index (χ3n) is 3.20. The average molecular weight is 281 g/mol. The van der Waals surface area contributed by atoms with Crippen molar-refractivity contribution >= 4 is 29.2 Å². The van der Waals surface area contributed by atoms with Crippen molar-refractivity contribution < 1.29 is 14.4 Å². The van der Waals surface area contributed by atoms with Crippen molar-refractivity contribution in [3.63, 3.8) is 0 Å². The lowest BCUT2D eigenvalue weighted by atomic mass is 9.88. The fraction of sp³-hybridized carbons (Fsp3) is 0.500. The maximum absolute atomic E-state index is 12.4. The molecule has 1 aliphatic heterocycles. The van der Waals surface area contributed by atoms with Gasteiger partial charge in [0.1, 0.15) is 10.4 Å². The topological polar surface area (TPSA) is 79.4 Å². The molecule has 6 nitrogen and oxygen atoms in total. The first-order chi connectivity index (χ1) is 8.89. The van der Waals surface area contributed by atoms with Crippen molar-refractivity contribution in [1.29, 1.82) is 0 Å². The molecule has 4 amide bonds. The van der Waals surface area contributed by atoms with E-state index in [1.807, 2.05) is 6.92 Å². The van der Waals surface area contributed by atoms with Crippen LogP contribution in [0, 0.1) is 5.41 Å². The van der Waals surface area contributed by atoms with Gasteiger partial charge in [-0.25, -0.2) is 9.78 Å². The number of nitrogens with zero attached hydrogens (tertiary/aromatic N) is 2. The molecule has 1 unspecified atom stereocenters. The van der Waals surface area contributed by atoms with Crippen LogP contribution >= 0.6 is 11.3 Å². The number of thiazole rings is 1. The molecule has 1 aliphatic rings. The number of barbiturate groups is 1. The second-order valence-electron chi connectivity index (χ2n) is 4.85. The van der Waals surface area contributed by atoms with Crippen LogP contribution < -0.4 is 5.32 Å². The average Bonchev–Trinajstić information content (AvgIpc) is 2.86. The summed E-state index contributed by atoms with van der Waals surface area (Å²) in [5.41, 5.74) is -1.24. The van der Waals surface area contributed by atoms with Crippen LogP contribution in [0.1, 0.15) is 38.2 Å². The fourth-order valence-corrected chi connectivity index (χ4v) is 2.77. The minimum absolute atomic E-state index is 0.431. The van der Waals surface area contributed by atoms with E-state index in [9.17, 15) is 14.4 Å². The zero-order valence-corrected chi connectivity index (χ0v) is 11.8. The van der Waals surface area contributed by atoms with Crippen LogP contribution in [0.15, 0.2) is 11.6 Å². The lowest BCUT2D eigenvalue weighted by Gasteiger charge is -2.38. The van der Waals surface area contributed by atoms with Gasteiger partial charge in [0.2, 0.25) is 11.8 Å². The van der Waals surface area contributed by atoms with Gasteiger partial charge < -0.3 is 0 Å². The Labute approximate surface area is 114 Å². The van der Waals surface area contributed by atoms with Crippen molar-refractivity contribution in [3.05, 3.63) is 16.6 Å². The van der Waals surface area contributed by atoms with Gasteiger partial charge in [-0.05, 0) is 20.3 Å². The summed E-state index contributed by atoms with van der Waals surface area (Å²) < 4.78 is 0. The van der Waals surface area contributed by atoms with Crippen molar-refractivity contribution in [2.24, 2.45) is 5.41 Å². The van der Waals surface area contributed by atoms with E-state index in [-0.39, 0.29) is 0 Å². The molecule has 0 aliphatic carbocycles. The van der Waals surface area contributed by atoms with Crippen LogP contribution in [-0.4, -0.2) is 27.7 Å². The molecular weight excluding hydrogens is 266 g/mol. The second-order valence-corrected chi connectivity index (χ2v) is 5.78. The zero-order chi connectivity index (χ0) is 14.2. The first-order valence-corrected chi connectivity index (χ1v) is 6.86. The van der Waals surface area contributed by atoms with E-state index in [1.54, 1.807) is 11.6 Å². The molecule has 19 heavy (non-hydrogen) atoms. The summed E-state index contributed by atoms with van der Waals surface area (Å²) in [7, 11) is 0. The standard InChI is InChI=1S/C12H15N3O3S/c1-4-7(8-13-5-6-19-8)15-10(17)12(2,3)9(16)14-11(15)18/h5-7H,4H2,1-3H3,(H,14,16,18). The van der Waals surface area contributed by atoms with Crippen molar-refractivity contribution in [2.75, 3.05) is 0 Å². The Balaban J connectivity index is 2.39. The van der Waals surface area contributed by atoms with Crippen LogP contribution in [-0.2, 0) is 9.59 Å². The second kappa shape index (κ2) is 4.73. The van der Waals surface area contributed by atoms with Crippen LogP contribution in [0.5, 0.6) is 0 Å². The van der Waals surface area contributed by atoms with Gasteiger partial charge in [0.25, 0.3) is 0 Å². The first-order valence-electron chi connectivity index (χ1n) is 5.98. The highest BCUT2D eigenvalue weighted by Gasteiger charge is 2.49. The number of urea groups is 1. The summed E-state index contributed by atoms with van der Waals surface area (Å²) >= 11 is 1.38. The van der Waals surface area contributed by atoms with Gasteiger partial charge in [-0.1, -0.05) is 6.92 Å².